The molecule has 56 heavy (non-hydrogen) atoms. The summed E-state index contributed by atoms with van der Waals surface area (Å²) in [5.41, 5.74) is -0.388. The molecular weight excluding hydrogens is 736 g/mol. The summed E-state index contributed by atoms with van der Waals surface area (Å²) >= 11 is 0. The molecule has 0 radical (unpaired) electrons. The highest BCUT2D eigenvalue weighted by atomic mass is 28.4. The van der Waals surface area contributed by atoms with Crippen molar-refractivity contribution in [3.05, 3.63) is 94.0 Å². The molecule has 0 aliphatic carbocycles. The number of para-hydroxylation sites is 1. The second-order valence-electron chi connectivity index (χ2n) is 16.5. The molecular formula is C41H49FN6O7Si. The van der Waals surface area contributed by atoms with E-state index in [9.17, 15) is 24.8 Å². The summed E-state index contributed by atoms with van der Waals surface area (Å²) in [6.07, 6.45) is 1.61. The van der Waals surface area contributed by atoms with Crippen LogP contribution in [0.1, 0.15) is 50.2 Å². The number of amides is 3. The third-order valence-electron chi connectivity index (χ3n) is 12.9. The number of carbonyl (C=O) groups is 3. The first-order chi connectivity index (χ1) is 26.8. The van der Waals surface area contributed by atoms with Crippen molar-refractivity contribution in [3.8, 4) is 0 Å². The SMILES string of the molecule is C[C@H]1[C@H]([Si](C)(C)F)[C@@H](CC(=O)N2CCC[C@H]2CO)O[C@]12C(=O)N(Cc1cccc(N3CN(c4ccccc4)C4(CCNCC4)C3=O)c1)c1ccc([N+](=O)[O-])cc12. The van der Waals surface area contributed by atoms with Crippen molar-refractivity contribution in [1.29, 1.82) is 0 Å². The van der Waals surface area contributed by atoms with Gasteiger partial charge in [0.25, 0.3) is 17.5 Å². The molecule has 4 fully saturated rings. The van der Waals surface area contributed by atoms with Gasteiger partial charge in [0, 0.05) is 47.1 Å². The largest absolute Gasteiger partial charge is 0.394 e. The van der Waals surface area contributed by atoms with Gasteiger partial charge in [-0.15, -0.1) is 0 Å². The smallest absolute Gasteiger partial charge is 0.269 e. The second-order valence-corrected chi connectivity index (χ2v) is 20.3. The van der Waals surface area contributed by atoms with Gasteiger partial charge in [-0.25, -0.2) is 0 Å². The quantitative estimate of drug-likeness (QED) is 0.129. The maximum atomic E-state index is 16.5. The number of piperidine rings is 1. The Bertz CT molecular complexity index is 2040. The Morgan fingerprint density at radius 1 is 1.04 bits per heavy atom. The van der Waals surface area contributed by atoms with Crippen LogP contribution in [-0.2, 0) is 31.3 Å². The van der Waals surface area contributed by atoms with Gasteiger partial charge in [0.1, 0.15) is 5.54 Å². The molecule has 2 spiro atoms. The number of aliphatic hydroxyl groups is 1. The molecule has 3 aromatic carbocycles. The maximum Gasteiger partial charge on any atom is 0.269 e. The fourth-order valence-electron chi connectivity index (χ4n) is 10.3. The van der Waals surface area contributed by atoms with Crippen LogP contribution in [0.15, 0.2) is 72.8 Å². The van der Waals surface area contributed by atoms with Crippen LogP contribution in [-0.4, -0.2) is 91.7 Å². The first-order valence-electron chi connectivity index (χ1n) is 19.6. The van der Waals surface area contributed by atoms with Crippen LogP contribution in [0.2, 0.25) is 18.6 Å². The number of rotatable bonds is 9. The highest BCUT2D eigenvalue weighted by Gasteiger charge is 2.67. The number of nitrogens with one attached hydrogen (secondary N) is 1. The van der Waals surface area contributed by atoms with Crippen LogP contribution in [0, 0.1) is 16.0 Å². The van der Waals surface area contributed by atoms with E-state index in [1.54, 1.807) is 40.8 Å². The first-order valence-corrected chi connectivity index (χ1v) is 22.6. The number of benzene rings is 3. The average Bonchev–Trinajstić information content (AvgIpc) is 3.91. The van der Waals surface area contributed by atoms with Crippen LogP contribution >= 0.6 is 0 Å². The fraction of sp³-hybridized carbons (Fsp3) is 0.488. The van der Waals surface area contributed by atoms with Crippen molar-refractivity contribution >= 4 is 48.9 Å². The van der Waals surface area contributed by atoms with E-state index >= 15 is 8.90 Å². The summed E-state index contributed by atoms with van der Waals surface area (Å²) in [5.74, 6) is -1.48. The van der Waals surface area contributed by atoms with Gasteiger partial charge in [-0.1, -0.05) is 37.3 Å². The summed E-state index contributed by atoms with van der Waals surface area (Å²) in [5, 5.41) is 25.4. The number of nitro groups is 1. The van der Waals surface area contributed by atoms with Crippen LogP contribution < -0.4 is 20.0 Å². The Balaban J connectivity index is 1.13. The van der Waals surface area contributed by atoms with Crippen molar-refractivity contribution in [1.82, 2.24) is 10.2 Å². The Hall–Kier alpha value is -4.70. The zero-order chi connectivity index (χ0) is 39.6. The fourth-order valence-corrected chi connectivity index (χ4v) is 12.8. The highest BCUT2D eigenvalue weighted by molar-refractivity contribution is 6.72. The summed E-state index contributed by atoms with van der Waals surface area (Å²) in [4.78, 5) is 61.9. The third-order valence-corrected chi connectivity index (χ3v) is 15.4. The summed E-state index contributed by atoms with van der Waals surface area (Å²) < 4.78 is 23.2. The van der Waals surface area contributed by atoms with Gasteiger partial charge in [0.05, 0.1) is 49.0 Å². The van der Waals surface area contributed by atoms with E-state index in [-0.39, 0.29) is 48.7 Å². The minimum atomic E-state index is -3.63. The van der Waals surface area contributed by atoms with E-state index in [0.29, 0.717) is 43.9 Å². The van der Waals surface area contributed by atoms with Gasteiger partial charge in [0.2, 0.25) is 14.3 Å². The van der Waals surface area contributed by atoms with Crippen LogP contribution in [0.3, 0.4) is 0 Å². The van der Waals surface area contributed by atoms with E-state index in [1.165, 1.54) is 12.1 Å². The number of anilines is 3. The number of aliphatic hydroxyl groups excluding tert-OH is 1. The molecule has 0 saturated carbocycles. The second kappa shape index (κ2) is 14.3. The predicted molar refractivity (Wildman–Crippen MR) is 211 cm³/mol. The molecule has 3 amide bonds. The number of likely N-dealkylation sites (tertiary alicyclic amines) is 1. The van der Waals surface area contributed by atoms with Crippen LogP contribution in [0.25, 0.3) is 0 Å². The molecule has 13 nitrogen and oxygen atoms in total. The number of nitrogens with zero attached hydrogens (tertiary/aromatic N) is 5. The van der Waals surface area contributed by atoms with Gasteiger partial charge in [-0.3, -0.25) is 29.4 Å². The monoisotopic (exact) mass is 784 g/mol. The first kappa shape index (κ1) is 38.2. The third kappa shape index (κ3) is 6.10. The molecule has 0 unspecified atom stereocenters. The lowest BCUT2D eigenvalue weighted by Crippen LogP contribution is -2.55. The Kier molecular flexibility index (Phi) is 9.78. The molecule has 3 aromatic rings. The zero-order valence-electron chi connectivity index (χ0n) is 32.0. The standard InChI is InChI=1S/C41H49FN6O7Si/c1-27-37(56(2,3)42)35(23-36(50)44-20-8-13-32(44)25-49)55-41(27)33-22-31(48(53)54)14-15-34(33)45(39(41)52)24-28-9-7-12-30(21-28)46-26-47(29-10-5-4-6-11-29)40(38(46)51)16-18-43-19-17-40/h4-7,9-12,14-15,21-22,27,32,35,37,43,49H,8,13,16-20,23-26H2,1-3H3/t27-,32-,35+,37-,41+/m0/s1. The number of non-ortho nitro benzene ring substituents is 1. The highest BCUT2D eigenvalue weighted by Crippen LogP contribution is 2.61. The molecule has 8 rings (SSSR count). The summed E-state index contributed by atoms with van der Waals surface area (Å²) in [6, 6.07) is 21.4. The van der Waals surface area contributed by atoms with Crippen molar-refractivity contribution in [2.75, 3.05) is 47.6 Å². The molecule has 296 valence electrons. The van der Waals surface area contributed by atoms with Gasteiger partial charge in [-0.2, -0.15) is 0 Å². The van der Waals surface area contributed by atoms with E-state index in [4.69, 9.17) is 4.74 Å². The maximum absolute atomic E-state index is 16.5. The van der Waals surface area contributed by atoms with Crippen LogP contribution in [0.4, 0.5) is 26.9 Å². The molecule has 5 aliphatic rings. The number of hydrogen-bond acceptors (Lipinski definition) is 9. The summed E-state index contributed by atoms with van der Waals surface area (Å²) in [7, 11) is -3.63. The minimum Gasteiger partial charge on any atom is -0.394 e. The number of ether oxygens (including phenoxy) is 1. The van der Waals surface area contributed by atoms with Crippen molar-refractivity contribution < 1.29 is 33.3 Å². The Morgan fingerprint density at radius 3 is 2.46 bits per heavy atom. The molecule has 0 aromatic heterocycles. The Morgan fingerprint density at radius 2 is 1.77 bits per heavy atom. The van der Waals surface area contributed by atoms with Crippen LogP contribution in [0.5, 0.6) is 0 Å². The van der Waals surface area contributed by atoms with E-state index in [0.717, 1.165) is 30.8 Å². The number of hydrogen-bond donors (Lipinski definition) is 2. The van der Waals surface area contributed by atoms with Crippen molar-refractivity contribution in [2.45, 2.75) is 87.5 Å². The van der Waals surface area contributed by atoms with Gasteiger partial charge in [-0.05, 0) is 87.8 Å². The normalized spacial score (nSPS) is 27.2. The molecule has 5 atom stereocenters. The van der Waals surface area contributed by atoms with Gasteiger partial charge < -0.3 is 34.0 Å². The average molecular weight is 785 g/mol. The number of halogens is 1. The lowest BCUT2D eigenvalue weighted by Gasteiger charge is -2.39. The molecule has 2 N–H and O–H groups in total. The lowest BCUT2D eigenvalue weighted by molar-refractivity contribution is -0.385. The molecule has 5 heterocycles. The molecule has 0 bridgehead atoms. The topological polar surface area (TPSA) is 149 Å². The van der Waals surface area contributed by atoms with E-state index < -0.39 is 47.9 Å². The van der Waals surface area contributed by atoms with Crippen molar-refractivity contribution in [2.24, 2.45) is 5.92 Å². The van der Waals surface area contributed by atoms with Gasteiger partial charge >= 0.3 is 0 Å². The van der Waals surface area contributed by atoms with Gasteiger partial charge in [0.15, 0.2) is 5.60 Å². The predicted octanol–water partition coefficient (Wildman–Crippen LogP) is 5.22. The molecule has 5 aliphatic heterocycles. The summed E-state index contributed by atoms with van der Waals surface area (Å²) in [6.45, 7) is 7.01. The van der Waals surface area contributed by atoms with E-state index in [2.05, 4.69) is 10.2 Å². The minimum absolute atomic E-state index is 0.0194. The van der Waals surface area contributed by atoms with E-state index in [1.807, 2.05) is 54.6 Å². The molecule has 15 heteroatoms. The number of fused-ring (bicyclic) bond motifs is 2. The van der Waals surface area contributed by atoms with Crippen molar-refractivity contribution in [3.63, 3.8) is 0 Å². The number of carbonyl (C=O) groups excluding carboxylic acids is 3. The number of nitro benzene ring substituents is 1. The lowest BCUT2D eigenvalue weighted by atomic mass is 9.82. The molecule has 4 saturated heterocycles. The zero-order valence-corrected chi connectivity index (χ0v) is 33.0. The Labute approximate surface area is 326 Å².